The molecular weight excluding hydrogens is 568 g/mol. The number of carbonyl (C=O) groups is 4. The van der Waals surface area contributed by atoms with Gasteiger partial charge in [0.05, 0.1) is 11.3 Å². The van der Waals surface area contributed by atoms with Gasteiger partial charge in [-0.3, -0.25) is 19.2 Å². The van der Waals surface area contributed by atoms with E-state index in [1.807, 2.05) is 78.9 Å². The summed E-state index contributed by atoms with van der Waals surface area (Å²) >= 11 is 1.31. The van der Waals surface area contributed by atoms with Crippen LogP contribution in [0.1, 0.15) is 48.2 Å². The van der Waals surface area contributed by atoms with Crippen molar-refractivity contribution in [1.82, 2.24) is 0 Å². The van der Waals surface area contributed by atoms with E-state index in [1.165, 1.54) is 17.8 Å². The normalized spacial score (nSPS) is 12.7. The van der Waals surface area contributed by atoms with Crippen LogP contribution in [0.15, 0.2) is 138 Å². The summed E-state index contributed by atoms with van der Waals surface area (Å²) in [6.45, 7) is 0. The van der Waals surface area contributed by atoms with Crippen LogP contribution >= 0.6 is 11.8 Å². The Morgan fingerprint density at radius 2 is 1.27 bits per heavy atom. The molecule has 1 unspecified atom stereocenters. The van der Waals surface area contributed by atoms with Crippen molar-refractivity contribution < 1.29 is 19.2 Å². The highest BCUT2D eigenvalue weighted by molar-refractivity contribution is 8.00. The highest BCUT2D eigenvalue weighted by Crippen LogP contribution is 2.38. The number of hydrogen-bond acceptors (Lipinski definition) is 5. The first-order valence-corrected chi connectivity index (χ1v) is 14.8. The standard InChI is InChI=1S/C37H26N2O4S/c40-32(22-21-24-11-3-1-4-12-24)38-26-15-9-16-27(23-26)44-36(25-13-5-2-6-14-25)37(43)39-31-20-10-19-30-33(31)35(42)29-18-8-7-17-28(29)34(30)41/h1-23,36H,(H,38,40)(H,39,43)/b22-21+. The molecule has 0 aliphatic heterocycles. The Kier molecular flexibility index (Phi) is 8.30. The maximum absolute atomic E-state index is 13.9. The molecule has 6 rings (SSSR count). The zero-order valence-electron chi connectivity index (χ0n) is 23.4. The van der Waals surface area contributed by atoms with Gasteiger partial charge in [-0.25, -0.2) is 0 Å². The van der Waals surface area contributed by atoms with Crippen LogP contribution in [0.3, 0.4) is 0 Å². The van der Waals surface area contributed by atoms with E-state index in [0.717, 1.165) is 16.0 Å². The smallest absolute Gasteiger partial charge is 0.248 e. The molecule has 0 aromatic heterocycles. The summed E-state index contributed by atoms with van der Waals surface area (Å²) in [6.07, 6.45) is 3.21. The summed E-state index contributed by atoms with van der Waals surface area (Å²) in [7, 11) is 0. The van der Waals surface area contributed by atoms with Gasteiger partial charge in [0.1, 0.15) is 5.25 Å². The average Bonchev–Trinajstić information content (AvgIpc) is 3.06. The summed E-state index contributed by atoms with van der Waals surface area (Å²) in [5.41, 5.74) is 3.67. The molecule has 2 N–H and O–H groups in total. The Balaban J connectivity index is 1.24. The number of anilines is 2. The molecule has 0 fully saturated rings. The van der Waals surface area contributed by atoms with E-state index in [-0.39, 0.29) is 40.2 Å². The van der Waals surface area contributed by atoms with Gasteiger partial charge in [-0.1, -0.05) is 103 Å². The largest absolute Gasteiger partial charge is 0.324 e. The van der Waals surface area contributed by atoms with Crippen molar-refractivity contribution >= 4 is 52.6 Å². The number of ketones is 2. The minimum atomic E-state index is -0.697. The van der Waals surface area contributed by atoms with E-state index < -0.39 is 5.25 Å². The summed E-state index contributed by atoms with van der Waals surface area (Å²) in [5.74, 6) is -1.19. The third-order valence-corrected chi connectivity index (χ3v) is 8.38. The lowest BCUT2D eigenvalue weighted by molar-refractivity contribution is -0.116. The van der Waals surface area contributed by atoms with Gasteiger partial charge >= 0.3 is 0 Å². The molecule has 7 heteroatoms. The second-order valence-corrected chi connectivity index (χ2v) is 11.3. The first kappa shape index (κ1) is 28.6. The van der Waals surface area contributed by atoms with Crippen LogP contribution in [-0.4, -0.2) is 23.4 Å². The number of carbonyl (C=O) groups excluding carboxylic acids is 4. The maximum Gasteiger partial charge on any atom is 0.248 e. The number of nitrogens with one attached hydrogen (secondary N) is 2. The highest BCUT2D eigenvalue weighted by Gasteiger charge is 2.32. The second kappa shape index (κ2) is 12.8. The molecule has 0 heterocycles. The predicted octanol–water partition coefficient (Wildman–Crippen LogP) is 7.59. The van der Waals surface area contributed by atoms with E-state index in [4.69, 9.17) is 0 Å². The number of rotatable bonds is 8. The Morgan fingerprint density at radius 1 is 0.636 bits per heavy atom. The lowest BCUT2D eigenvalue weighted by Crippen LogP contribution is -2.25. The van der Waals surface area contributed by atoms with Crippen molar-refractivity contribution in [2.24, 2.45) is 0 Å². The van der Waals surface area contributed by atoms with Crippen LogP contribution in [-0.2, 0) is 9.59 Å². The molecule has 5 aromatic carbocycles. The fourth-order valence-electron chi connectivity index (χ4n) is 5.05. The van der Waals surface area contributed by atoms with Gasteiger partial charge in [-0.05, 0) is 41.5 Å². The molecule has 0 saturated carbocycles. The summed E-state index contributed by atoms with van der Waals surface area (Å²) in [4.78, 5) is 53.9. The molecule has 1 atom stereocenters. The van der Waals surface area contributed by atoms with Crippen molar-refractivity contribution in [3.05, 3.63) is 167 Å². The summed E-state index contributed by atoms with van der Waals surface area (Å²) in [6, 6.07) is 37.8. The zero-order valence-corrected chi connectivity index (χ0v) is 24.2. The molecule has 1 aliphatic rings. The lowest BCUT2D eigenvalue weighted by atomic mass is 9.83. The van der Waals surface area contributed by atoms with Crippen LogP contribution in [0, 0.1) is 0 Å². The quantitative estimate of drug-likeness (QED) is 0.140. The monoisotopic (exact) mass is 594 g/mol. The number of thioether (sulfide) groups is 1. The Bertz CT molecular complexity index is 1920. The predicted molar refractivity (Wildman–Crippen MR) is 174 cm³/mol. The molecule has 1 aliphatic carbocycles. The fourth-order valence-corrected chi connectivity index (χ4v) is 6.13. The minimum Gasteiger partial charge on any atom is -0.324 e. The van der Waals surface area contributed by atoms with E-state index >= 15 is 0 Å². The Labute approximate surface area is 258 Å². The van der Waals surface area contributed by atoms with Gasteiger partial charge in [0.25, 0.3) is 0 Å². The minimum absolute atomic E-state index is 0.189. The summed E-state index contributed by atoms with van der Waals surface area (Å²) < 4.78 is 0. The fraction of sp³-hybridized carbons (Fsp3) is 0.0270. The Morgan fingerprint density at radius 3 is 2.02 bits per heavy atom. The first-order valence-electron chi connectivity index (χ1n) is 14.0. The second-order valence-electron chi connectivity index (χ2n) is 10.1. The number of benzene rings is 5. The van der Waals surface area contributed by atoms with Crippen molar-refractivity contribution in [2.45, 2.75) is 10.1 Å². The van der Waals surface area contributed by atoms with Crippen molar-refractivity contribution in [1.29, 1.82) is 0 Å². The van der Waals surface area contributed by atoms with Gasteiger partial charge < -0.3 is 10.6 Å². The molecule has 5 aromatic rings. The van der Waals surface area contributed by atoms with Gasteiger partial charge in [0, 0.05) is 33.3 Å². The number of hydrogen-bond donors (Lipinski definition) is 2. The Hall–Kier alpha value is -5.53. The number of amides is 2. The molecule has 0 bridgehead atoms. The molecule has 0 spiro atoms. The van der Waals surface area contributed by atoms with E-state index in [1.54, 1.807) is 54.6 Å². The van der Waals surface area contributed by atoms with E-state index in [9.17, 15) is 19.2 Å². The van der Waals surface area contributed by atoms with Crippen LogP contribution in [0.5, 0.6) is 0 Å². The van der Waals surface area contributed by atoms with E-state index in [2.05, 4.69) is 10.6 Å². The maximum atomic E-state index is 13.9. The third-order valence-electron chi connectivity index (χ3n) is 7.13. The lowest BCUT2D eigenvalue weighted by Gasteiger charge is -2.22. The van der Waals surface area contributed by atoms with Gasteiger partial charge in [-0.15, -0.1) is 11.8 Å². The van der Waals surface area contributed by atoms with Crippen molar-refractivity contribution in [2.75, 3.05) is 10.6 Å². The highest BCUT2D eigenvalue weighted by atomic mass is 32.2. The number of fused-ring (bicyclic) bond motifs is 2. The molecular formula is C37H26N2O4S. The van der Waals surface area contributed by atoms with Crippen LogP contribution in [0.25, 0.3) is 6.08 Å². The molecule has 214 valence electrons. The van der Waals surface area contributed by atoms with Gasteiger partial charge in [0.15, 0.2) is 11.6 Å². The van der Waals surface area contributed by atoms with E-state index in [0.29, 0.717) is 16.8 Å². The van der Waals surface area contributed by atoms with Crippen LogP contribution < -0.4 is 10.6 Å². The molecule has 44 heavy (non-hydrogen) atoms. The van der Waals surface area contributed by atoms with Crippen molar-refractivity contribution in [3.8, 4) is 0 Å². The van der Waals surface area contributed by atoms with Crippen molar-refractivity contribution in [3.63, 3.8) is 0 Å². The average molecular weight is 595 g/mol. The van der Waals surface area contributed by atoms with Crippen LogP contribution in [0.2, 0.25) is 0 Å². The summed E-state index contributed by atoms with van der Waals surface area (Å²) in [5, 5.41) is 5.12. The third kappa shape index (κ3) is 6.14. The molecule has 2 amide bonds. The molecule has 6 nitrogen and oxygen atoms in total. The van der Waals surface area contributed by atoms with Crippen LogP contribution in [0.4, 0.5) is 11.4 Å². The zero-order chi connectivity index (χ0) is 30.5. The molecule has 0 saturated heterocycles. The topological polar surface area (TPSA) is 92.3 Å². The first-order chi connectivity index (χ1) is 21.5. The molecule has 0 radical (unpaired) electrons. The van der Waals surface area contributed by atoms with Gasteiger partial charge in [0.2, 0.25) is 11.8 Å². The van der Waals surface area contributed by atoms with Gasteiger partial charge in [-0.2, -0.15) is 0 Å². The SMILES string of the molecule is O=C(/C=C/c1ccccc1)Nc1cccc(SC(C(=O)Nc2cccc3c2C(=O)c2ccccc2C3=O)c2ccccc2)c1.